The summed E-state index contributed by atoms with van der Waals surface area (Å²) >= 11 is 1.23. The predicted octanol–water partition coefficient (Wildman–Crippen LogP) is 2.56. The van der Waals surface area contributed by atoms with Gasteiger partial charge in [0.2, 0.25) is 5.78 Å². The highest BCUT2D eigenvalue weighted by Gasteiger charge is 2.71. The molecule has 0 amide bonds. The van der Waals surface area contributed by atoms with Gasteiger partial charge in [-0.25, -0.2) is 0 Å². The fourth-order valence-electron chi connectivity index (χ4n) is 2.00. The molecule has 1 radical (unpaired) electrons. The van der Waals surface area contributed by atoms with Crippen LogP contribution in [0, 0.1) is 22.3 Å². The standard InChI is InChI=1S/C9H13OS/c1-8(2)6(10)9(3,4)7(8)11-5/h5H,1-4H3. The molecule has 1 aliphatic carbocycles. The molecule has 0 atom stereocenters. The first-order chi connectivity index (χ1) is 4.85. The fourth-order valence-corrected chi connectivity index (χ4v) is 2.78. The zero-order valence-electron chi connectivity index (χ0n) is 7.39. The molecule has 2 heteroatoms. The Morgan fingerprint density at radius 1 is 1.27 bits per heavy atom. The topological polar surface area (TPSA) is 17.1 Å². The highest BCUT2D eigenvalue weighted by Crippen LogP contribution is 2.61. The molecule has 1 saturated carbocycles. The molecule has 1 fully saturated rings. The highest BCUT2D eigenvalue weighted by molar-refractivity contribution is 8.03. The summed E-state index contributed by atoms with van der Waals surface area (Å²) in [6.45, 7) is 7.71. The Bertz CT molecular complexity index is 176. The summed E-state index contributed by atoms with van der Waals surface area (Å²) in [5.74, 6) is 0.290. The quantitative estimate of drug-likeness (QED) is 0.561. The van der Waals surface area contributed by atoms with Crippen LogP contribution in [0.3, 0.4) is 0 Å². The molecule has 0 bridgehead atoms. The van der Waals surface area contributed by atoms with E-state index >= 15 is 0 Å². The van der Waals surface area contributed by atoms with Gasteiger partial charge in [0.15, 0.2) is 10.8 Å². The molecule has 0 spiro atoms. The Morgan fingerprint density at radius 2 is 1.64 bits per heavy atom. The van der Waals surface area contributed by atoms with Crippen LogP contribution in [0.5, 0.6) is 0 Å². The maximum absolute atomic E-state index is 11.5. The van der Waals surface area contributed by atoms with E-state index in [1.165, 1.54) is 11.8 Å². The van der Waals surface area contributed by atoms with Crippen molar-refractivity contribution in [2.24, 2.45) is 10.8 Å². The number of carbonyl (C=O) groups is 1. The first kappa shape index (κ1) is 8.98. The number of thioether (sulfide) groups is 1. The molecule has 0 aromatic carbocycles. The normalized spacial score (nSPS) is 26.6. The van der Waals surface area contributed by atoms with Gasteiger partial charge in [-0.05, 0) is 27.7 Å². The van der Waals surface area contributed by atoms with Gasteiger partial charge in [-0.1, -0.05) is 0 Å². The van der Waals surface area contributed by atoms with E-state index < -0.39 is 0 Å². The zero-order chi connectivity index (χ0) is 8.86. The van der Waals surface area contributed by atoms with E-state index in [9.17, 15) is 4.79 Å². The zero-order valence-corrected chi connectivity index (χ0v) is 8.21. The second-order valence-corrected chi connectivity index (χ2v) is 4.67. The van der Waals surface area contributed by atoms with E-state index in [2.05, 4.69) is 0 Å². The Hall–Kier alpha value is -0.110. The average Bonchev–Trinajstić information content (AvgIpc) is 1.86. The highest BCUT2D eigenvalue weighted by atomic mass is 32.2. The van der Waals surface area contributed by atoms with Crippen LogP contribution >= 0.6 is 11.8 Å². The lowest BCUT2D eigenvalue weighted by Crippen LogP contribution is -2.57. The van der Waals surface area contributed by atoms with Crippen LogP contribution in [0.15, 0.2) is 0 Å². The smallest absolute Gasteiger partial charge is 0.234 e. The maximum atomic E-state index is 11.5. The Balaban J connectivity index is 2.88. The Morgan fingerprint density at radius 3 is 1.82 bits per heavy atom. The van der Waals surface area contributed by atoms with E-state index in [0.717, 1.165) is 5.25 Å². The summed E-state index contributed by atoms with van der Waals surface area (Å²) in [7, 11) is 0. The van der Waals surface area contributed by atoms with E-state index in [1.54, 1.807) is 0 Å². The van der Waals surface area contributed by atoms with Crippen LogP contribution in [0.4, 0.5) is 0 Å². The predicted molar refractivity (Wildman–Crippen MR) is 47.7 cm³/mol. The van der Waals surface area contributed by atoms with Crippen molar-refractivity contribution in [1.29, 1.82) is 0 Å². The largest absolute Gasteiger partial charge is 0.376 e. The van der Waals surface area contributed by atoms with E-state index in [4.69, 9.17) is 6.26 Å². The molecule has 0 heterocycles. The lowest BCUT2D eigenvalue weighted by Gasteiger charge is -2.44. The lowest BCUT2D eigenvalue weighted by atomic mass is 9.54. The van der Waals surface area contributed by atoms with Gasteiger partial charge in [0, 0.05) is 0 Å². The van der Waals surface area contributed by atoms with Crippen molar-refractivity contribution in [3.63, 3.8) is 0 Å². The van der Waals surface area contributed by atoms with Crippen LogP contribution in [-0.4, -0.2) is 5.78 Å². The molecule has 1 rings (SSSR count). The van der Waals surface area contributed by atoms with E-state index in [-0.39, 0.29) is 16.6 Å². The van der Waals surface area contributed by atoms with E-state index in [1.807, 2.05) is 27.7 Å². The van der Waals surface area contributed by atoms with Crippen LogP contribution in [0.2, 0.25) is 0 Å². The fraction of sp³-hybridized carbons (Fsp3) is 0.667. The number of carbonyl (C=O) groups excluding carboxylic acids is 1. The number of hydrogen-bond donors (Lipinski definition) is 0. The summed E-state index contributed by atoms with van der Waals surface area (Å²) in [4.78, 5) is 11.5. The molecule has 61 valence electrons. The summed E-state index contributed by atoms with van der Waals surface area (Å²) < 4.78 is 0. The summed E-state index contributed by atoms with van der Waals surface area (Å²) in [6.07, 6.45) is 5.47. The van der Waals surface area contributed by atoms with Gasteiger partial charge < -0.3 is 6.26 Å². The average molecular weight is 169 g/mol. The third-order valence-corrected chi connectivity index (χ3v) is 3.64. The van der Waals surface area contributed by atoms with Gasteiger partial charge >= 0.3 is 0 Å². The van der Waals surface area contributed by atoms with Crippen LogP contribution < -0.4 is 0 Å². The summed E-state index contributed by atoms with van der Waals surface area (Å²) in [6, 6.07) is 0. The molecular formula is C9H13OS. The molecule has 1 aliphatic rings. The van der Waals surface area contributed by atoms with Crippen molar-refractivity contribution >= 4 is 17.5 Å². The monoisotopic (exact) mass is 169 g/mol. The van der Waals surface area contributed by atoms with Crippen molar-refractivity contribution in [2.75, 3.05) is 0 Å². The minimum atomic E-state index is -0.303. The first-order valence-corrected chi connectivity index (χ1v) is 4.52. The number of Topliss-reactive ketones (excluding diaryl/α,β-unsaturated/α-hetero) is 1. The second-order valence-electron chi connectivity index (χ2n) is 4.03. The van der Waals surface area contributed by atoms with Gasteiger partial charge in [-0.15, -0.1) is 11.8 Å². The van der Waals surface area contributed by atoms with Crippen LogP contribution in [0.1, 0.15) is 27.7 Å². The number of hydrogen-bond acceptors (Lipinski definition) is 2. The molecule has 0 unspecified atom stereocenters. The summed E-state index contributed by atoms with van der Waals surface area (Å²) in [5, 5.41) is 1.09. The molecule has 0 aromatic rings. The molecule has 0 aliphatic heterocycles. The third-order valence-electron chi connectivity index (χ3n) is 2.39. The second kappa shape index (κ2) is 2.19. The SMILES string of the molecule is [CH-]S[C+]1C(C)(C)C(=O)C1(C)C. The van der Waals surface area contributed by atoms with Crippen LogP contribution in [-0.2, 0) is 4.79 Å². The van der Waals surface area contributed by atoms with E-state index in [0.29, 0.717) is 0 Å². The van der Waals surface area contributed by atoms with Gasteiger partial charge in [0.1, 0.15) is 5.25 Å². The Kier molecular flexibility index (Phi) is 1.79. The molecule has 0 N–H and O–H groups in total. The van der Waals surface area contributed by atoms with Gasteiger partial charge in [-0.3, -0.25) is 4.79 Å². The maximum Gasteiger partial charge on any atom is 0.234 e. The minimum Gasteiger partial charge on any atom is -0.376 e. The number of rotatable bonds is 1. The Labute approximate surface area is 72.9 Å². The van der Waals surface area contributed by atoms with Gasteiger partial charge in [0.05, 0.1) is 0 Å². The van der Waals surface area contributed by atoms with Crippen molar-refractivity contribution in [3.8, 4) is 0 Å². The van der Waals surface area contributed by atoms with Crippen LogP contribution in [0.25, 0.3) is 0 Å². The van der Waals surface area contributed by atoms with Crippen molar-refractivity contribution in [3.05, 3.63) is 11.5 Å². The number of ketones is 1. The minimum absolute atomic E-state index is 0.290. The molecular weight excluding hydrogens is 156 g/mol. The van der Waals surface area contributed by atoms with Gasteiger partial charge in [0.25, 0.3) is 0 Å². The molecule has 11 heavy (non-hydrogen) atoms. The third kappa shape index (κ3) is 0.919. The van der Waals surface area contributed by atoms with Crippen molar-refractivity contribution < 1.29 is 4.79 Å². The van der Waals surface area contributed by atoms with Gasteiger partial charge in [-0.2, -0.15) is 0 Å². The lowest BCUT2D eigenvalue weighted by molar-refractivity contribution is -0.143. The molecule has 1 nitrogen and oxygen atoms in total. The summed E-state index contributed by atoms with van der Waals surface area (Å²) in [5.41, 5.74) is -0.605. The molecule has 0 saturated heterocycles. The van der Waals surface area contributed by atoms with Crippen molar-refractivity contribution in [2.45, 2.75) is 27.7 Å². The first-order valence-electron chi connectivity index (χ1n) is 3.64. The molecule has 0 aromatic heterocycles. The van der Waals surface area contributed by atoms with Crippen molar-refractivity contribution in [1.82, 2.24) is 0 Å².